The van der Waals surface area contributed by atoms with Crippen LogP contribution in [-0.4, -0.2) is 62.6 Å². The van der Waals surface area contributed by atoms with Crippen LogP contribution in [0.2, 0.25) is 0 Å². The molecule has 0 bridgehead atoms. The average Bonchev–Trinajstić information content (AvgIpc) is 2.69. The van der Waals surface area contributed by atoms with Gasteiger partial charge in [0.15, 0.2) is 0 Å². The summed E-state index contributed by atoms with van der Waals surface area (Å²) in [6.45, 7) is 2.44. The molecule has 0 saturated heterocycles. The molecule has 0 atom stereocenters. The zero-order valence-electron chi connectivity index (χ0n) is 15.5. The first-order valence-electron chi connectivity index (χ1n) is 8.45. The Kier molecular flexibility index (Phi) is 7.85. The van der Waals surface area contributed by atoms with E-state index in [9.17, 15) is 5.11 Å². The Morgan fingerprint density at radius 1 is 1.08 bits per heavy atom. The van der Waals surface area contributed by atoms with Gasteiger partial charge in [0.1, 0.15) is 0 Å². The van der Waals surface area contributed by atoms with Crippen LogP contribution in [0, 0.1) is 0 Å². The Morgan fingerprint density at radius 2 is 1.85 bits per heavy atom. The van der Waals surface area contributed by atoms with E-state index in [2.05, 4.69) is 20.2 Å². The normalized spacial score (nSPS) is 10.9. The number of aliphatic hydroxyl groups is 1. The van der Waals surface area contributed by atoms with E-state index >= 15 is 0 Å². The molecule has 140 valence electrons. The molecule has 1 aromatic heterocycles. The molecule has 0 amide bonds. The average molecular weight is 358 g/mol. The summed E-state index contributed by atoms with van der Waals surface area (Å²) in [6, 6.07) is 10.2. The van der Waals surface area contributed by atoms with Gasteiger partial charge in [-0.1, -0.05) is 18.2 Å². The van der Waals surface area contributed by atoms with E-state index in [0.717, 1.165) is 24.3 Å². The van der Waals surface area contributed by atoms with Crippen molar-refractivity contribution in [3.8, 4) is 11.9 Å². The lowest BCUT2D eigenvalue weighted by molar-refractivity contribution is 0.302. The van der Waals surface area contributed by atoms with E-state index in [-0.39, 0.29) is 12.6 Å². The third-order valence-corrected chi connectivity index (χ3v) is 3.80. The van der Waals surface area contributed by atoms with E-state index in [4.69, 9.17) is 9.47 Å². The minimum atomic E-state index is 0.128. The highest BCUT2D eigenvalue weighted by molar-refractivity contribution is 5.69. The Morgan fingerprint density at radius 3 is 2.46 bits per heavy atom. The molecule has 0 aliphatic heterocycles. The summed E-state index contributed by atoms with van der Waals surface area (Å²) in [7, 11) is 5.00. The quantitative estimate of drug-likeness (QED) is 0.669. The number of aliphatic hydroxyl groups excluding tert-OH is 1. The lowest BCUT2D eigenvalue weighted by Gasteiger charge is -2.23. The van der Waals surface area contributed by atoms with E-state index in [0.29, 0.717) is 18.1 Å². The van der Waals surface area contributed by atoms with Crippen LogP contribution in [0.4, 0.5) is 5.69 Å². The summed E-state index contributed by atoms with van der Waals surface area (Å²) in [6.07, 6.45) is 3.85. The van der Waals surface area contributed by atoms with Crippen molar-refractivity contribution in [3.63, 3.8) is 0 Å². The molecule has 1 heterocycles. The fourth-order valence-corrected chi connectivity index (χ4v) is 2.42. The Hall–Kier alpha value is -2.64. The zero-order valence-corrected chi connectivity index (χ0v) is 15.5. The van der Waals surface area contributed by atoms with Gasteiger partial charge in [0.05, 0.1) is 26.5 Å². The molecule has 0 aliphatic carbocycles. The van der Waals surface area contributed by atoms with Crippen molar-refractivity contribution in [1.82, 2.24) is 15.3 Å². The fraction of sp³-hybridized carbons (Fsp3) is 0.368. The van der Waals surface area contributed by atoms with Crippen molar-refractivity contribution < 1.29 is 14.6 Å². The topological polar surface area (TPSA) is 79.7 Å². The number of aromatic nitrogens is 2. The number of anilines is 1. The molecule has 0 spiro atoms. The van der Waals surface area contributed by atoms with Crippen LogP contribution in [0.1, 0.15) is 11.3 Å². The number of benzene rings is 1. The van der Waals surface area contributed by atoms with Gasteiger partial charge in [0, 0.05) is 31.4 Å². The Balaban J connectivity index is 2.11. The van der Waals surface area contributed by atoms with E-state index in [1.54, 1.807) is 13.2 Å². The van der Waals surface area contributed by atoms with Crippen LogP contribution >= 0.6 is 0 Å². The SMILES string of the molecule is CNCCN(CCO)c1ccc(/C=C/c2cc(OC)nc(OC)n2)cc1. The van der Waals surface area contributed by atoms with E-state index in [1.807, 2.05) is 43.5 Å². The number of likely N-dealkylation sites (N-methyl/N-ethyl adjacent to an activating group) is 1. The molecule has 0 radical (unpaired) electrons. The van der Waals surface area contributed by atoms with E-state index in [1.165, 1.54) is 7.11 Å². The minimum Gasteiger partial charge on any atom is -0.481 e. The molecular formula is C19H26N4O3. The highest BCUT2D eigenvalue weighted by atomic mass is 16.5. The molecule has 7 heteroatoms. The van der Waals surface area contributed by atoms with Crippen LogP contribution in [0.25, 0.3) is 12.2 Å². The molecule has 0 aliphatic rings. The van der Waals surface area contributed by atoms with Crippen molar-refractivity contribution >= 4 is 17.8 Å². The van der Waals surface area contributed by atoms with Crippen LogP contribution in [0.5, 0.6) is 11.9 Å². The third kappa shape index (κ3) is 5.72. The summed E-state index contributed by atoms with van der Waals surface area (Å²) in [5, 5.41) is 12.4. The molecule has 26 heavy (non-hydrogen) atoms. The molecule has 0 saturated carbocycles. The van der Waals surface area contributed by atoms with Crippen LogP contribution in [0.15, 0.2) is 30.3 Å². The molecule has 2 aromatic rings. The van der Waals surface area contributed by atoms with Crippen molar-refractivity contribution in [2.45, 2.75) is 0 Å². The summed E-state index contributed by atoms with van der Waals surface area (Å²) < 4.78 is 10.2. The second-order valence-electron chi connectivity index (χ2n) is 5.56. The van der Waals surface area contributed by atoms with Crippen LogP contribution in [-0.2, 0) is 0 Å². The van der Waals surface area contributed by atoms with Gasteiger partial charge in [-0.05, 0) is 30.8 Å². The molecule has 0 unspecified atom stereocenters. The van der Waals surface area contributed by atoms with Gasteiger partial charge < -0.3 is 24.8 Å². The largest absolute Gasteiger partial charge is 0.481 e. The molecular weight excluding hydrogens is 332 g/mol. The minimum absolute atomic E-state index is 0.128. The van der Waals surface area contributed by atoms with Gasteiger partial charge in [-0.25, -0.2) is 0 Å². The highest BCUT2D eigenvalue weighted by Gasteiger charge is 2.05. The number of nitrogens with one attached hydrogen (secondary N) is 1. The summed E-state index contributed by atoms with van der Waals surface area (Å²) >= 11 is 0. The van der Waals surface area contributed by atoms with Crippen molar-refractivity contribution in [2.75, 3.05) is 52.4 Å². The van der Waals surface area contributed by atoms with E-state index < -0.39 is 0 Å². The number of hydrogen-bond acceptors (Lipinski definition) is 7. The van der Waals surface area contributed by atoms with Gasteiger partial charge in [-0.2, -0.15) is 9.97 Å². The van der Waals surface area contributed by atoms with Gasteiger partial charge in [0.2, 0.25) is 5.88 Å². The van der Waals surface area contributed by atoms with Gasteiger partial charge in [0.25, 0.3) is 0 Å². The third-order valence-electron chi connectivity index (χ3n) is 3.80. The number of nitrogens with zero attached hydrogens (tertiary/aromatic N) is 3. The van der Waals surface area contributed by atoms with Crippen LogP contribution in [0.3, 0.4) is 0 Å². The molecule has 1 aromatic carbocycles. The van der Waals surface area contributed by atoms with Crippen LogP contribution < -0.4 is 19.7 Å². The summed E-state index contributed by atoms with van der Waals surface area (Å²) in [5.74, 6) is 0.455. The zero-order chi connectivity index (χ0) is 18.8. The highest BCUT2D eigenvalue weighted by Crippen LogP contribution is 2.18. The summed E-state index contributed by atoms with van der Waals surface area (Å²) in [5.41, 5.74) is 2.83. The fourth-order valence-electron chi connectivity index (χ4n) is 2.42. The predicted molar refractivity (Wildman–Crippen MR) is 104 cm³/mol. The first kappa shape index (κ1) is 19.7. The smallest absolute Gasteiger partial charge is 0.319 e. The standard InChI is InChI=1S/C19H26N4O3/c1-20-10-11-23(12-13-24)17-8-5-15(6-9-17)4-7-16-14-18(25-2)22-19(21-16)26-3/h4-9,14,20,24H,10-13H2,1-3H3/b7-4+. The number of hydrogen-bond donors (Lipinski definition) is 2. The van der Waals surface area contributed by atoms with Crippen molar-refractivity contribution in [2.24, 2.45) is 0 Å². The van der Waals surface area contributed by atoms with Gasteiger partial charge >= 0.3 is 6.01 Å². The molecule has 7 nitrogen and oxygen atoms in total. The maximum absolute atomic E-state index is 9.24. The lowest BCUT2D eigenvalue weighted by atomic mass is 10.1. The Bertz CT molecular complexity index is 682. The number of ether oxygens (including phenoxy) is 2. The molecule has 0 fully saturated rings. The maximum Gasteiger partial charge on any atom is 0.319 e. The first-order chi connectivity index (χ1) is 12.7. The monoisotopic (exact) mass is 358 g/mol. The second kappa shape index (κ2) is 10.4. The molecule has 2 N–H and O–H groups in total. The second-order valence-corrected chi connectivity index (χ2v) is 5.56. The number of rotatable bonds is 10. The van der Waals surface area contributed by atoms with Gasteiger partial charge in [-0.15, -0.1) is 0 Å². The first-order valence-corrected chi connectivity index (χ1v) is 8.45. The maximum atomic E-state index is 9.24. The van der Waals surface area contributed by atoms with Crippen molar-refractivity contribution in [3.05, 3.63) is 41.6 Å². The molecule has 2 rings (SSSR count). The van der Waals surface area contributed by atoms with Gasteiger partial charge in [-0.3, -0.25) is 0 Å². The lowest BCUT2D eigenvalue weighted by Crippen LogP contribution is -2.33. The predicted octanol–water partition coefficient (Wildman–Crippen LogP) is 1.68. The number of methoxy groups -OCH3 is 2. The van der Waals surface area contributed by atoms with Crippen molar-refractivity contribution in [1.29, 1.82) is 0 Å². The Labute approximate surface area is 154 Å². The summed E-state index contributed by atoms with van der Waals surface area (Å²) in [4.78, 5) is 10.5.